The van der Waals surface area contributed by atoms with Gasteiger partial charge in [0.25, 0.3) is 0 Å². The average molecular weight is 281 g/mol. The number of ether oxygens (including phenoxy) is 1. The molecule has 1 atom stereocenters. The summed E-state index contributed by atoms with van der Waals surface area (Å²) in [7, 11) is 0. The van der Waals surface area contributed by atoms with Gasteiger partial charge in [-0.2, -0.15) is 0 Å². The molecule has 110 valence electrons. The molecule has 1 saturated heterocycles. The van der Waals surface area contributed by atoms with E-state index in [0.717, 1.165) is 25.9 Å². The predicted octanol–water partition coefficient (Wildman–Crippen LogP) is 0.657. The molecule has 0 aliphatic carbocycles. The first-order valence-corrected chi connectivity index (χ1v) is 6.78. The van der Waals surface area contributed by atoms with Gasteiger partial charge in [0.15, 0.2) is 5.69 Å². The van der Waals surface area contributed by atoms with Crippen molar-refractivity contribution in [2.24, 2.45) is 0 Å². The van der Waals surface area contributed by atoms with Crippen LogP contribution in [0.1, 0.15) is 36.2 Å². The highest BCUT2D eigenvalue weighted by Crippen LogP contribution is 2.16. The van der Waals surface area contributed by atoms with E-state index in [-0.39, 0.29) is 17.7 Å². The van der Waals surface area contributed by atoms with Crippen molar-refractivity contribution in [1.82, 2.24) is 14.9 Å². The maximum absolute atomic E-state index is 11.6. The Morgan fingerprint density at radius 2 is 2.40 bits per heavy atom. The molecule has 1 amide bonds. The lowest BCUT2D eigenvalue weighted by molar-refractivity contribution is -0.121. The van der Waals surface area contributed by atoms with Crippen molar-refractivity contribution < 1.29 is 19.4 Å². The third-order valence-electron chi connectivity index (χ3n) is 3.26. The van der Waals surface area contributed by atoms with E-state index in [0.29, 0.717) is 19.5 Å². The molecular formula is C13H19N3O4. The zero-order valence-corrected chi connectivity index (χ0v) is 11.2. The molecule has 1 unspecified atom stereocenters. The molecule has 2 heterocycles. The number of carbonyl (C=O) groups excluding carboxylic acids is 1. The molecule has 1 aliphatic rings. The minimum atomic E-state index is -1.05. The molecule has 2 N–H and O–H groups in total. The molecule has 0 spiro atoms. The number of carbonyl (C=O) groups is 2. The van der Waals surface area contributed by atoms with Gasteiger partial charge in [0.2, 0.25) is 5.91 Å². The van der Waals surface area contributed by atoms with Gasteiger partial charge in [-0.25, -0.2) is 9.78 Å². The van der Waals surface area contributed by atoms with Gasteiger partial charge in [-0.15, -0.1) is 0 Å². The topological polar surface area (TPSA) is 93.5 Å². The van der Waals surface area contributed by atoms with Crippen LogP contribution >= 0.6 is 0 Å². The van der Waals surface area contributed by atoms with Crippen molar-refractivity contribution in [2.45, 2.75) is 38.3 Å². The Labute approximate surface area is 116 Å². The molecule has 0 bridgehead atoms. The van der Waals surface area contributed by atoms with E-state index in [9.17, 15) is 9.59 Å². The molecule has 1 aromatic heterocycles. The van der Waals surface area contributed by atoms with Gasteiger partial charge in [0.1, 0.15) is 0 Å². The molecule has 2 rings (SSSR count). The molecule has 1 fully saturated rings. The highest BCUT2D eigenvalue weighted by molar-refractivity contribution is 5.84. The van der Waals surface area contributed by atoms with E-state index in [4.69, 9.17) is 9.84 Å². The van der Waals surface area contributed by atoms with E-state index in [2.05, 4.69) is 10.3 Å². The Balaban J connectivity index is 1.61. The summed E-state index contributed by atoms with van der Waals surface area (Å²) in [4.78, 5) is 26.0. The summed E-state index contributed by atoms with van der Waals surface area (Å²) in [6.07, 6.45) is 6.48. The number of nitrogens with one attached hydrogen (secondary N) is 1. The number of imidazole rings is 1. The number of amides is 1. The highest BCUT2D eigenvalue weighted by atomic mass is 16.5. The van der Waals surface area contributed by atoms with E-state index in [1.165, 1.54) is 12.5 Å². The Kier molecular flexibility index (Phi) is 5.11. The van der Waals surface area contributed by atoms with Crippen molar-refractivity contribution in [3.63, 3.8) is 0 Å². The van der Waals surface area contributed by atoms with Crippen molar-refractivity contribution in [1.29, 1.82) is 0 Å². The van der Waals surface area contributed by atoms with E-state index in [1.807, 2.05) is 0 Å². The molecule has 0 saturated carbocycles. The van der Waals surface area contributed by atoms with E-state index >= 15 is 0 Å². The first kappa shape index (κ1) is 14.5. The summed E-state index contributed by atoms with van der Waals surface area (Å²) in [5.41, 5.74) is 0.00899. The third kappa shape index (κ3) is 4.34. The SMILES string of the molecule is O=C(CCC1CCCO1)NCCn1cnc(C(=O)O)c1. The number of aromatic carboxylic acids is 1. The van der Waals surface area contributed by atoms with Crippen LogP contribution in [-0.2, 0) is 16.1 Å². The number of aromatic nitrogens is 2. The van der Waals surface area contributed by atoms with Gasteiger partial charge in [-0.05, 0) is 19.3 Å². The van der Waals surface area contributed by atoms with E-state index < -0.39 is 5.97 Å². The molecule has 7 heteroatoms. The summed E-state index contributed by atoms with van der Waals surface area (Å²) in [6.45, 7) is 1.77. The standard InChI is InChI=1S/C13H19N3O4/c17-12(4-3-10-2-1-7-20-10)14-5-6-16-8-11(13(18)19)15-9-16/h8-10H,1-7H2,(H,14,17)(H,18,19). The lowest BCUT2D eigenvalue weighted by Crippen LogP contribution is -2.27. The fourth-order valence-corrected chi connectivity index (χ4v) is 2.17. The summed E-state index contributed by atoms with van der Waals surface area (Å²) >= 11 is 0. The van der Waals surface area contributed by atoms with Gasteiger partial charge in [0, 0.05) is 32.3 Å². The van der Waals surface area contributed by atoms with Gasteiger partial charge < -0.3 is 19.7 Å². The van der Waals surface area contributed by atoms with Gasteiger partial charge in [-0.1, -0.05) is 0 Å². The van der Waals surface area contributed by atoms with Crippen LogP contribution in [0.5, 0.6) is 0 Å². The second-order valence-corrected chi connectivity index (χ2v) is 4.83. The summed E-state index contributed by atoms with van der Waals surface area (Å²) in [6, 6.07) is 0. The first-order valence-electron chi connectivity index (χ1n) is 6.78. The second-order valence-electron chi connectivity index (χ2n) is 4.83. The Morgan fingerprint density at radius 1 is 1.55 bits per heavy atom. The van der Waals surface area contributed by atoms with Crippen LogP contribution in [0.2, 0.25) is 0 Å². The fraction of sp³-hybridized carbons (Fsp3) is 0.615. The number of hydrogen-bond donors (Lipinski definition) is 2. The Morgan fingerprint density at radius 3 is 3.05 bits per heavy atom. The Hall–Kier alpha value is -1.89. The Bertz CT molecular complexity index is 466. The maximum Gasteiger partial charge on any atom is 0.356 e. The number of hydrogen-bond acceptors (Lipinski definition) is 4. The quantitative estimate of drug-likeness (QED) is 0.765. The van der Waals surface area contributed by atoms with Crippen molar-refractivity contribution in [2.75, 3.05) is 13.2 Å². The first-order chi connectivity index (χ1) is 9.65. The van der Waals surface area contributed by atoms with Crippen LogP contribution in [0.3, 0.4) is 0 Å². The maximum atomic E-state index is 11.6. The zero-order chi connectivity index (χ0) is 14.4. The molecule has 1 aliphatic heterocycles. The largest absolute Gasteiger partial charge is 0.476 e. The molecule has 20 heavy (non-hydrogen) atoms. The van der Waals surface area contributed by atoms with Crippen LogP contribution in [0.15, 0.2) is 12.5 Å². The van der Waals surface area contributed by atoms with Crippen molar-refractivity contribution in [3.8, 4) is 0 Å². The summed E-state index contributed by atoms with van der Waals surface area (Å²) < 4.78 is 7.10. The van der Waals surface area contributed by atoms with Gasteiger partial charge >= 0.3 is 5.97 Å². The monoisotopic (exact) mass is 281 g/mol. The summed E-state index contributed by atoms with van der Waals surface area (Å²) in [5.74, 6) is -1.05. The number of carboxylic acids is 1. The predicted molar refractivity (Wildman–Crippen MR) is 70.4 cm³/mol. The molecule has 0 aromatic carbocycles. The summed E-state index contributed by atoms with van der Waals surface area (Å²) in [5, 5.41) is 11.5. The van der Waals surface area contributed by atoms with Crippen LogP contribution in [0, 0.1) is 0 Å². The lowest BCUT2D eigenvalue weighted by atomic mass is 10.1. The number of nitrogens with zero attached hydrogens (tertiary/aromatic N) is 2. The molecule has 1 aromatic rings. The molecule has 0 radical (unpaired) electrons. The molecular weight excluding hydrogens is 262 g/mol. The minimum absolute atomic E-state index is 0.000858. The van der Waals surface area contributed by atoms with Crippen molar-refractivity contribution >= 4 is 11.9 Å². The van der Waals surface area contributed by atoms with Crippen LogP contribution in [0.25, 0.3) is 0 Å². The van der Waals surface area contributed by atoms with Crippen molar-refractivity contribution in [3.05, 3.63) is 18.2 Å². The van der Waals surface area contributed by atoms with Crippen LogP contribution in [0.4, 0.5) is 0 Å². The lowest BCUT2D eigenvalue weighted by Gasteiger charge is -2.09. The average Bonchev–Trinajstić information content (AvgIpc) is 3.07. The normalized spacial score (nSPS) is 18.1. The van der Waals surface area contributed by atoms with Gasteiger partial charge in [0.05, 0.1) is 12.4 Å². The van der Waals surface area contributed by atoms with Gasteiger partial charge in [-0.3, -0.25) is 4.79 Å². The zero-order valence-electron chi connectivity index (χ0n) is 11.2. The van der Waals surface area contributed by atoms with Crippen LogP contribution < -0.4 is 5.32 Å². The number of rotatable bonds is 7. The third-order valence-corrected chi connectivity index (χ3v) is 3.26. The van der Waals surface area contributed by atoms with Crippen LogP contribution in [-0.4, -0.2) is 45.8 Å². The minimum Gasteiger partial charge on any atom is -0.476 e. The second kappa shape index (κ2) is 7.04. The number of carboxylic acid groups (broad SMARTS) is 1. The smallest absolute Gasteiger partial charge is 0.356 e. The fourth-order valence-electron chi connectivity index (χ4n) is 2.17. The van der Waals surface area contributed by atoms with E-state index in [1.54, 1.807) is 4.57 Å². The highest BCUT2D eigenvalue weighted by Gasteiger charge is 2.16. The molecule has 7 nitrogen and oxygen atoms in total.